The van der Waals surface area contributed by atoms with Gasteiger partial charge in [0, 0.05) is 18.6 Å². The number of hydrazine groups is 1. The maximum Gasteiger partial charge on any atom is 0.185 e. The molecule has 0 atom stereocenters. The van der Waals surface area contributed by atoms with Crippen molar-refractivity contribution in [2.75, 3.05) is 6.54 Å². The zero-order valence-corrected chi connectivity index (χ0v) is 11.2. The summed E-state index contributed by atoms with van der Waals surface area (Å²) in [5.41, 5.74) is 2.19. The van der Waals surface area contributed by atoms with Gasteiger partial charge in [-0.2, -0.15) is 0 Å². The third kappa shape index (κ3) is 5.73. The fourth-order valence-electron chi connectivity index (χ4n) is 1.25. The van der Waals surface area contributed by atoms with E-state index >= 15 is 0 Å². The quantitative estimate of drug-likeness (QED) is 0.649. The molecule has 15 heavy (non-hydrogen) atoms. The van der Waals surface area contributed by atoms with Gasteiger partial charge < -0.3 is 10.4 Å². The van der Waals surface area contributed by atoms with Crippen molar-refractivity contribution in [2.24, 2.45) is 0 Å². The Kier molecular flexibility index (Phi) is 6.45. The van der Waals surface area contributed by atoms with E-state index in [-0.39, 0.29) is 31.6 Å². The molecular weight excluding hydrogens is 249 g/mol. The first-order valence-electron chi connectivity index (χ1n) is 4.29. The third-order valence-corrected chi connectivity index (χ3v) is 1.95. The second-order valence-electron chi connectivity index (χ2n) is 4.57. The van der Waals surface area contributed by atoms with Crippen LogP contribution in [-0.4, -0.2) is 33.0 Å². The van der Waals surface area contributed by atoms with Crippen LogP contribution in [0.4, 0.5) is 0 Å². The fraction of sp³-hybridized carbons (Fsp3) is 0.889. The first-order chi connectivity index (χ1) is 5.70. The van der Waals surface area contributed by atoms with Gasteiger partial charge in [0.25, 0.3) is 0 Å². The van der Waals surface area contributed by atoms with E-state index < -0.39 is 5.60 Å². The van der Waals surface area contributed by atoms with Gasteiger partial charge in [-0.25, -0.2) is 5.43 Å². The summed E-state index contributed by atoms with van der Waals surface area (Å²) < 4.78 is 0. The molecule has 1 rings (SSSR count). The molecule has 0 bridgehead atoms. The Labute approximate surface area is 110 Å². The Morgan fingerprint density at radius 1 is 1.47 bits per heavy atom. The summed E-state index contributed by atoms with van der Waals surface area (Å²) in [5, 5.41) is 15.1. The molecule has 89 valence electrons. The summed E-state index contributed by atoms with van der Waals surface area (Å²) in [5.74, 6) is 0. The van der Waals surface area contributed by atoms with Crippen LogP contribution in [0, 0.1) is 0 Å². The Bertz CT molecular complexity index is 228. The molecule has 1 radical (unpaired) electrons. The van der Waals surface area contributed by atoms with E-state index in [0.29, 0.717) is 11.7 Å². The molecular formula is C9H21N3OSV. The van der Waals surface area contributed by atoms with Gasteiger partial charge in [0.05, 0.1) is 12.1 Å². The van der Waals surface area contributed by atoms with Crippen molar-refractivity contribution in [1.29, 1.82) is 0 Å². The molecule has 1 aliphatic heterocycles. The third-order valence-electron chi connectivity index (χ3n) is 1.62. The number of hydrogen-bond donors (Lipinski definition) is 3. The van der Waals surface area contributed by atoms with Crippen LogP contribution in [0.2, 0.25) is 0 Å². The number of aliphatic hydroxyl groups is 1. The van der Waals surface area contributed by atoms with E-state index in [9.17, 15) is 5.11 Å². The molecule has 3 N–H and O–H groups in total. The molecule has 0 amide bonds. The van der Waals surface area contributed by atoms with Crippen molar-refractivity contribution >= 4 is 17.3 Å². The Morgan fingerprint density at radius 3 is 2.20 bits per heavy atom. The number of hydrogen-bond acceptors (Lipinski definition) is 3. The molecule has 1 saturated heterocycles. The second-order valence-corrected chi connectivity index (χ2v) is 4.95. The normalized spacial score (nSPS) is 19.0. The van der Waals surface area contributed by atoms with E-state index in [4.69, 9.17) is 12.2 Å². The summed E-state index contributed by atoms with van der Waals surface area (Å²) in [6, 6.07) is 0. The smallest absolute Gasteiger partial charge is 0.185 e. The van der Waals surface area contributed by atoms with Crippen molar-refractivity contribution < 1.29 is 23.7 Å². The maximum absolute atomic E-state index is 9.60. The van der Waals surface area contributed by atoms with E-state index in [2.05, 4.69) is 10.7 Å². The van der Waals surface area contributed by atoms with E-state index in [1.165, 1.54) is 0 Å². The SMILES string of the molecule is C.CC(C)(O)CN1NC(C)(C)NC1=S.[V]. The average Bonchev–Trinajstić information content (AvgIpc) is 2.00. The van der Waals surface area contributed by atoms with E-state index in [1.807, 2.05) is 13.8 Å². The maximum atomic E-state index is 9.60. The monoisotopic (exact) mass is 270 g/mol. The van der Waals surface area contributed by atoms with Gasteiger partial charge in [-0.1, -0.05) is 7.43 Å². The molecule has 1 fully saturated rings. The van der Waals surface area contributed by atoms with Gasteiger partial charge in [-0.3, -0.25) is 5.01 Å². The van der Waals surface area contributed by atoms with Crippen molar-refractivity contribution in [3.63, 3.8) is 0 Å². The molecule has 4 nitrogen and oxygen atoms in total. The molecule has 0 spiro atoms. The Hall–Kier alpha value is 0.194. The molecule has 1 heterocycles. The largest absolute Gasteiger partial charge is 0.389 e. The molecule has 0 aromatic carbocycles. The molecule has 0 unspecified atom stereocenters. The van der Waals surface area contributed by atoms with Crippen LogP contribution in [-0.2, 0) is 18.6 Å². The molecule has 0 aromatic heterocycles. The molecule has 0 saturated carbocycles. The Morgan fingerprint density at radius 2 is 1.93 bits per heavy atom. The van der Waals surface area contributed by atoms with Crippen LogP contribution in [0.5, 0.6) is 0 Å². The predicted octanol–water partition coefficient (Wildman–Crippen LogP) is 0.822. The summed E-state index contributed by atoms with van der Waals surface area (Å²) in [7, 11) is 0. The summed E-state index contributed by atoms with van der Waals surface area (Å²) in [4.78, 5) is 0. The van der Waals surface area contributed by atoms with Crippen LogP contribution in [0.15, 0.2) is 0 Å². The minimum Gasteiger partial charge on any atom is -0.389 e. The van der Waals surface area contributed by atoms with Gasteiger partial charge in [-0.15, -0.1) is 0 Å². The molecule has 0 aliphatic carbocycles. The van der Waals surface area contributed by atoms with Gasteiger partial charge in [0.1, 0.15) is 5.66 Å². The van der Waals surface area contributed by atoms with Gasteiger partial charge >= 0.3 is 0 Å². The fourth-order valence-corrected chi connectivity index (χ4v) is 1.61. The van der Waals surface area contributed by atoms with Crippen molar-refractivity contribution in [2.45, 2.75) is 46.4 Å². The van der Waals surface area contributed by atoms with Gasteiger partial charge in [0.15, 0.2) is 5.11 Å². The number of β-amino-alcohol motifs (C(OH)–C–C–N with tert-alkyl or cyclic N) is 1. The predicted molar refractivity (Wildman–Crippen MR) is 62.7 cm³/mol. The second kappa shape index (κ2) is 5.50. The summed E-state index contributed by atoms with van der Waals surface area (Å²) >= 11 is 5.10. The minimum atomic E-state index is -0.751. The Balaban J connectivity index is 0. The van der Waals surface area contributed by atoms with Gasteiger partial charge in [-0.05, 0) is 39.9 Å². The van der Waals surface area contributed by atoms with Crippen LogP contribution in [0.1, 0.15) is 35.1 Å². The number of nitrogens with zero attached hydrogens (tertiary/aromatic N) is 1. The van der Waals surface area contributed by atoms with E-state index in [0.717, 1.165) is 0 Å². The van der Waals surface area contributed by atoms with Gasteiger partial charge in [0.2, 0.25) is 0 Å². The van der Waals surface area contributed by atoms with Crippen molar-refractivity contribution in [3.05, 3.63) is 0 Å². The van der Waals surface area contributed by atoms with Crippen molar-refractivity contribution in [3.8, 4) is 0 Å². The number of nitrogens with one attached hydrogen (secondary N) is 2. The standard InChI is InChI=1S/C8H17N3OS.CH4.V/c1-7(2,12)5-11-6(13)9-8(3,4)10-11;;/h10,12H,5H2,1-4H3,(H,9,13);1H4;. The topological polar surface area (TPSA) is 47.5 Å². The average molecular weight is 270 g/mol. The molecule has 1 aliphatic rings. The van der Waals surface area contributed by atoms with Crippen molar-refractivity contribution in [1.82, 2.24) is 15.8 Å². The van der Waals surface area contributed by atoms with Crippen LogP contribution in [0.25, 0.3) is 0 Å². The minimum absolute atomic E-state index is 0. The van der Waals surface area contributed by atoms with Crippen LogP contribution in [0.3, 0.4) is 0 Å². The zero-order chi connectivity index (χ0) is 10.3. The number of rotatable bonds is 2. The summed E-state index contributed by atoms with van der Waals surface area (Å²) in [6.07, 6.45) is 0. The molecule has 6 heteroatoms. The van der Waals surface area contributed by atoms with Crippen LogP contribution < -0.4 is 10.7 Å². The number of thiocarbonyl (C=S) groups is 1. The first kappa shape index (κ1) is 17.6. The zero-order valence-electron chi connectivity index (χ0n) is 8.96. The first-order valence-corrected chi connectivity index (χ1v) is 4.70. The summed E-state index contributed by atoms with van der Waals surface area (Å²) in [6.45, 7) is 7.96. The molecule has 0 aromatic rings. The van der Waals surface area contributed by atoms with E-state index in [1.54, 1.807) is 18.9 Å². The van der Waals surface area contributed by atoms with Crippen LogP contribution >= 0.6 is 12.2 Å².